The molecule has 0 saturated heterocycles. The fourth-order valence-electron chi connectivity index (χ4n) is 2.47. The average Bonchev–Trinajstić information content (AvgIpc) is 2.64. The van der Waals surface area contributed by atoms with Gasteiger partial charge in [0.2, 0.25) is 0 Å². The van der Waals surface area contributed by atoms with E-state index in [-0.39, 0.29) is 11.5 Å². The summed E-state index contributed by atoms with van der Waals surface area (Å²) in [7, 11) is 0. The molecule has 0 atom stereocenters. The first kappa shape index (κ1) is 17.2. The maximum atomic E-state index is 9.04. The van der Waals surface area contributed by atoms with Gasteiger partial charge >= 0.3 is 0 Å². The third-order valence-electron chi connectivity index (χ3n) is 3.74. The number of fused-ring (bicyclic) bond motifs is 2. The van der Waals surface area contributed by atoms with Gasteiger partial charge in [-0.3, -0.25) is 0 Å². The highest BCUT2D eigenvalue weighted by Gasteiger charge is 2.13. The third-order valence-corrected chi connectivity index (χ3v) is 4.89. The largest absolute Gasteiger partial charge is 0.504 e. The van der Waals surface area contributed by atoms with Crippen LogP contribution in [-0.4, -0.2) is 16.8 Å². The van der Waals surface area contributed by atoms with Gasteiger partial charge in [0.15, 0.2) is 11.5 Å². The topological polar surface area (TPSA) is 78.5 Å². The van der Waals surface area contributed by atoms with E-state index in [2.05, 4.69) is 53.8 Å². The molecule has 0 saturated carbocycles. The van der Waals surface area contributed by atoms with Crippen LogP contribution in [0, 0.1) is 0 Å². The Bertz CT molecular complexity index is 780. The van der Waals surface area contributed by atoms with Gasteiger partial charge in [-0.05, 0) is 54.9 Å². The van der Waals surface area contributed by atoms with Crippen molar-refractivity contribution >= 4 is 23.1 Å². The first-order chi connectivity index (χ1) is 12.2. The Morgan fingerprint density at radius 1 is 0.800 bits per heavy atom. The van der Waals surface area contributed by atoms with E-state index in [1.807, 2.05) is 11.8 Å². The number of benzene rings is 3. The highest BCUT2D eigenvalue weighted by Crippen LogP contribution is 2.43. The average molecular weight is 352 g/mol. The van der Waals surface area contributed by atoms with Gasteiger partial charge in [-0.25, -0.2) is 0 Å². The number of rotatable bonds is 2. The van der Waals surface area contributed by atoms with Crippen LogP contribution in [-0.2, 0) is 6.42 Å². The molecule has 0 aromatic heterocycles. The van der Waals surface area contributed by atoms with Crippen molar-refractivity contribution in [3.63, 3.8) is 0 Å². The zero-order chi connectivity index (χ0) is 17.6. The summed E-state index contributed by atoms with van der Waals surface area (Å²) < 4.78 is 0. The predicted octanol–water partition coefficient (Wildman–Crippen LogP) is 4.49. The lowest BCUT2D eigenvalue weighted by atomic mass is 10.1. The Labute approximate surface area is 151 Å². The van der Waals surface area contributed by atoms with Gasteiger partial charge in [0.1, 0.15) is 0 Å². The molecule has 128 valence electrons. The van der Waals surface area contributed by atoms with Crippen LogP contribution in [0.3, 0.4) is 0 Å². The molecule has 1 heterocycles. The van der Waals surface area contributed by atoms with Gasteiger partial charge in [-0.15, -0.1) is 0 Å². The summed E-state index contributed by atoms with van der Waals surface area (Å²) in [5.74, 6) is -0.179. The quantitative estimate of drug-likeness (QED) is 0.400. The summed E-state index contributed by atoms with van der Waals surface area (Å²) in [4.78, 5) is 2.59. The molecule has 0 aliphatic carbocycles. The van der Waals surface area contributed by atoms with Crippen molar-refractivity contribution in [2.75, 3.05) is 11.9 Å². The van der Waals surface area contributed by atoms with Crippen LogP contribution in [0.15, 0.2) is 76.5 Å². The number of para-hydroxylation sites is 2. The van der Waals surface area contributed by atoms with E-state index in [9.17, 15) is 0 Å². The normalized spacial score (nSPS) is 11.4. The lowest BCUT2D eigenvalue weighted by molar-refractivity contribution is 0.403. The van der Waals surface area contributed by atoms with Gasteiger partial charge in [0.05, 0.1) is 11.4 Å². The maximum absolute atomic E-state index is 9.04. The number of aromatic hydroxyl groups is 2. The van der Waals surface area contributed by atoms with Crippen LogP contribution in [0.5, 0.6) is 11.5 Å². The molecule has 1 aliphatic heterocycles. The van der Waals surface area contributed by atoms with Crippen molar-refractivity contribution in [1.82, 2.24) is 0 Å². The van der Waals surface area contributed by atoms with E-state index in [0.29, 0.717) is 13.0 Å². The zero-order valence-corrected chi connectivity index (χ0v) is 14.5. The van der Waals surface area contributed by atoms with Crippen molar-refractivity contribution in [2.24, 2.45) is 5.73 Å². The van der Waals surface area contributed by atoms with Crippen LogP contribution >= 0.6 is 11.8 Å². The molecule has 25 heavy (non-hydrogen) atoms. The van der Waals surface area contributed by atoms with Crippen molar-refractivity contribution in [3.8, 4) is 11.5 Å². The van der Waals surface area contributed by atoms with Crippen molar-refractivity contribution in [2.45, 2.75) is 16.2 Å². The Kier molecular flexibility index (Phi) is 5.48. The van der Waals surface area contributed by atoms with Gasteiger partial charge in [0, 0.05) is 9.79 Å². The minimum atomic E-state index is -0.0919. The molecule has 5 heteroatoms. The van der Waals surface area contributed by atoms with Gasteiger partial charge in [-0.1, -0.05) is 42.1 Å². The number of anilines is 2. The molecule has 4 rings (SSSR count). The first-order valence-corrected chi connectivity index (χ1v) is 8.83. The van der Waals surface area contributed by atoms with Gasteiger partial charge < -0.3 is 21.3 Å². The van der Waals surface area contributed by atoms with Crippen LogP contribution in [0.25, 0.3) is 0 Å². The number of hydrogen-bond donors (Lipinski definition) is 4. The van der Waals surface area contributed by atoms with E-state index < -0.39 is 0 Å². The smallest absolute Gasteiger partial charge is 0.157 e. The molecule has 4 nitrogen and oxygen atoms in total. The second-order valence-corrected chi connectivity index (χ2v) is 6.66. The van der Waals surface area contributed by atoms with Crippen LogP contribution in [0.4, 0.5) is 11.4 Å². The molecule has 1 aliphatic rings. The molecular weight excluding hydrogens is 332 g/mol. The molecule has 3 aromatic rings. The number of phenolic OH excluding ortho intramolecular Hbond substituents is 2. The second-order valence-electron chi connectivity index (χ2n) is 5.58. The van der Waals surface area contributed by atoms with E-state index >= 15 is 0 Å². The molecule has 0 spiro atoms. The minimum Gasteiger partial charge on any atom is -0.504 e. The summed E-state index contributed by atoms with van der Waals surface area (Å²) in [6.07, 6.45) is 0.716. The summed E-state index contributed by atoms with van der Waals surface area (Å²) in [6.45, 7) is 0.546. The van der Waals surface area contributed by atoms with E-state index in [4.69, 9.17) is 15.9 Å². The number of nitrogens with two attached hydrogens (primary N) is 1. The fraction of sp³-hybridized carbons (Fsp3) is 0.100. The predicted molar refractivity (Wildman–Crippen MR) is 103 cm³/mol. The zero-order valence-electron chi connectivity index (χ0n) is 13.6. The third kappa shape index (κ3) is 4.26. The summed E-state index contributed by atoms with van der Waals surface area (Å²) in [5, 5.41) is 21.4. The first-order valence-electron chi connectivity index (χ1n) is 8.01. The fourth-order valence-corrected chi connectivity index (χ4v) is 3.46. The van der Waals surface area contributed by atoms with E-state index in [1.54, 1.807) is 6.07 Å². The molecule has 3 aromatic carbocycles. The summed E-state index contributed by atoms with van der Waals surface area (Å²) >= 11 is 1.82. The number of hydrogen-bond acceptors (Lipinski definition) is 5. The molecule has 0 bridgehead atoms. The van der Waals surface area contributed by atoms with Crippen molar-refractivity contribution in [1.29, 1.82) is 0 Å². The molecular formula is C20H20N2O2S. The van der Waals surface area contributed by atoms with E-state index in [0.717, 1.165) is 5.56 Å². The standard InChI is InChI=1S/C12H9NS.C8H11NO2/c1-3-7-11-9(5-1)13-10-6-2-4-8-12(10)14-11;9-4-3-6-1-2-7(10)8(11)5-6/h1-8,13H;1-2,5,10-11H,3-4,9H2. The molecule has 5 N–H and O–H groups in total. The Morgan fingerprint density at radius 2 is 1.40 bits per heavy atom. The van der Waals surface area contributed by atoms with E-state index in [1.165, 1.54) is 33.3 Å². The lowest BCUT2D eigenvalue weighted by Crippen LogP contribution is -2.02. The second kappa shape index (κ2) is 7.96. The highest BCUT2D eigenvalue weighted by molar-refractivity contribution is 7.99. The molecule has 0 fully saturated rings. The monoisotopic (exact) mass is 352 g/mol. The lowest BCUT2D eigenvalue weighted by Gasteiger charge is -2.19. The molecule has 0 radical (unpaired) electrons. The molecule has 0 unspecified atom stereocenters. The van der Waals surface area contributed by atoms with Crippen LogP contribution < -0.4 is 11.1 Å². The number of nitrogens with one attached hydrogen (secondary N) is 1. The van der Waals surface area contributed by atoms with Crippen molar-refractivity contribution < 1.29 is 10.2 Å². The van der Waals surface area contributed by atoms with Crippen LogP contribution in [0.2, 0.25) is 0 Å². The van der Waals surface area contributed by atoms with Crippen molar-refractivity contribution in [3.05, 3.63) is 72.3 Å². The Morgan fingerprint density at radius 3 is 1.96 bits per heavy atom. The Hall–Kier alpha value is -2.63. The summed E-state index contributed by atoms with van der Waals surface area (Å²) in [5.41, 5.74) is 8.65. The highest BCUT2D eigenvalue weighted by atomic mass is 32.2. The molecule has 0 amide bonds. The maximum Gasteiger partial charge on any atom is 0.157 e. The number of phenols is 2. The Balaban J connectivity index is 0.000000151. The van der Waals surface area contributed by atoms with Crippen LogP contribution in [0.1, 0.15) is 5.56 Å². The SMILES string of the molecule is NCCc1ccc(O)c(O)c1.c1ccc2c(c1)Nc1ccccc1S2. The summed E-state index contributed by atoms with van der Waals surface area (Å²) in [6, 6.07) is 21.5. The van der Waals surface area contributed by atoms with Gasteiger partial charge in [0.25, 0.3) is 0 Å². The van der Waals surface area contributed by atoms with Gasteiger partial charge in [-0.2, -0.15) is 0 Å². The minimum absolute atomic E-state index is 0.0871.